The molecule has 1 aromatic rings. The molecule has 86 valence electrons. The van der Waals surface area contributed by atoms with Gasteiger partial charge in [-0.2, -0.15) is 5.26 Å². The summed E-state index contributed by atoms with van der Waals surface area (Å²) in [7, 11) is 0. The Bertz CT molecular complexity index is 534. The van der Waals surface area contributed by atoms with Crippen LogP contribution >= 0.6 is 0 Å². The summed E-state index contributed by atoms with van der Waals surface area (Å²) in [4.78, 5) is 11.8. The topological polar surface area (TPSA) is 62.1 Å². The number of amides is 1. The van der Waals surface area contributed by atoms with Gasteiger partial charge in [0.1, 0.15) is 11.7 Å². The van der Waals surface area contributed by atoms with Crippen LogP contribution in [-0.2, 0) is 4.79 Å². The van der Waals surface area contributed by atoms with E-state index in [2.05, 4.69) is 11.4 Å². The van der Waals surface area contributed by atoms with Crippen LogP contribution in [-0.4, -0.2) is 11.6 Å². The van der Waals surface area contributed by atoms with Crippen molar-refractivity contribution in [1.29, 1.82) is 5.26 Å². The summed E-state index contributed by atoms with van der Waals surface area (Å²) in [5.41, 5.74) is 0.287. The van der Waals surface area contributed by atoms with Crippen molar-refractivity contribution in [2.45, 2.75) is 25.0 Å². The van der Waals surface area contributed by atoms with Crippen molar-refractivity contribution >= 4 is 5.91 Å². The zero-order valence-electron chi connectivity index (χ0n) is 9.43. The third kappa shape index (κ3) is 1.39. The molecule has 2 aliphatic rings. The van der Waals surface area contributed by atoms with Crippen LogP contribution in [0.4, 0.5) is 0 Å². The van der Waals surface area contributed by atoms with Gasteiger partial charge < -0.3 is 10.1 Å². The second-order valence-corrected chi connectivity index (χ2v) is 4.78. The molecule has 4 nitrogen and oxygen atoms in total. The van der Waals surface area contributed by atoms with Gasteiger partial charge in [0.2, 0.25) is 5.91 Å². The maximum Gasteiger partial charge on any atom is 0.240 e. The van der Waals surface area contributed by atoms with Gasteiger partial charge in [-0.3, -0.25) is 4.79 Å². The average molecular weight is 228 g/mol. The Morgan fingerprint density at radius 3 is 3.06 bits per heavy atom. The predicted molar refractivity (Wildman–Crippen MR) is 60.1 cm³/mol. The number of para-hydroxylation sites is 1. The van der Waals surface area contributed by atoms with E-state index >= 15 is 0 Å². The minimum atomic E-state index is -0.677. The molecular weight excluding hydrogens is 216 g/mol. The van der Waals surface area contributed by atoms with E-state index in [-0.39, 0.29) is 11.8 Å². The summed E-state index contributed by atoms with van der Waals surface area (Å²) in [5.74, 6) is -0.149. The normalized spacial score (nSPS) is 34.0. The molecule has 4 heteroatoms. The maximum atomic E-state index is 11.8. The minimum absolute atomic E-state index is 0.0660. The number of hydrogen-bond acceptors (Lipinski definition) is 3. The van der Waals surface area contributed by atoms with Crippen molar-refractivity contribution < 1.29 is 9.53 Å². The maximum absolute atomic E-state index is 11.8. The smallest absolute Gasteiger partial charge is 0.240 e. The number of carbonyl (C=O) groups excluding carboxylic acids is 1. The van der Waals surface area contributed by atoms with E-state index in [0.29, 0.717) is 6.42 Å². The van der Waals surface area contributed by atoms with Crippen LogP contribution in [0.15, 0.2) is 24.3 Å². The van der Waals surface area contributed by atoms with Crippen molar-refractivity contribution in [1.82, 2.24) is 5.32 Å². The Balaban J connectivity index is 2.15. The first-order chi connectivity index (χ1) is 8.13. The quantitative estimate of drug-likeness (QED) is 0.732. The second-order valence-electron chi connectivity index (χ2n) is 4.78. The minimum Gasteiger partial charge on any atom is -0.468 e. The lowest BCUT2D eigenvalue weighted by molar-refractivity contribution is -0.136. The molecule has 2 unspecified atom stereocenters. The van der Waals surface area contributed by atoms with E-state index in [1.54, 1.807) is 0 Å². The van der Waals surface area contributed by atoms with Gasteiger partial charge >= 0.3 is 0 Å². The summed E-state index contributed by atoms with van der Waals surface area (Å²) < 4.78 is 5.81. The molecule has 1 aromatic carbocycles. The van der Waals surface area contributed by atoms with Crippen molar-refractivity contribution in [2.24, 2.45) is 5.92 Å². The van der Waals surface area contributed by atoms with E-state index in [1.165, 1.54) is 0 Å². The highest BCUT2D eigenvalue weighted by molar-refractivity contribution is 5.84. The summed E-state index contributed by atoms with van der Waals surface area (Å²) in [5, 5.41) is 11.9. The molecule has 3 atom stereocenters. The Morgan fingerprint density at radius 2 is 2.29 bits per heavy atom. The van der Waals surface area contributed by atoms with Crippen LogP contribution in [0.5, 0.6) is 5.75 Å². The van der Waals surface area contributed by atoms with E-state index in [4.69, 9.17) is 10.00 Å². The van der Waals surface area contributed by atoms with Gasteiger partial charge in [-0.1, -0.05) is 18.2 Å². The molecule has 0 saturated carbocycles. The highest BCUT2D eigenvalue weighted by Gasteiger charge is 2.49. The number of nitriles is 1. The predicted octanol–water partition coefficient (Wildman–Crippen LogP) is 1.54. The number of ether oxygens (including phenoxy) is 1. The molecule has 0 radical (unpaired) electrons. The van der Waals surface area contributed by atoms with Crippen molar-refractivity contribution in [3.05, 3.63) is 29.8 Å². The van der Waals surface area contributed by atoms with Gasteiger partial charge in [-0.15, -0.1) is 0 Å². The molecule has 0 spiro atoms. The number of nitrogens with zero attached hydrogens (tertiary/aromatic N) is 1. The number of hydrogen-bond donors (Lipinski definition) is 1. The lowest BCUT2D eigenvalue weighted by Crippen LogP contribution is -2.60. The molecule has 1 fully saturated rings. The van der Waals surface area contributed by atoms with Crippen molar-refractivity contribution in [2.75, 3.05) is 0 Å². The summed E-state index contributed by atoms with van der Waals surface area (Å²) in [6.07, 6.45) is 0.647. The SMILES string of the molecule is C[C@]12CC(c3ccccc3O1)C(C#N)C(=O)N2. The van der Waals surface area contributed by atoms with Crippen LogP contribution in [0.25, 0.3) is 0 Å². The summed E-state index contributed by atoms with van der Waals surface area (Å²) in [6.45, 7) is 1.85. The van der Waals surface area contributed by atoms with E-state index < -0.39 is 11.6 Å². The molecule has 3 rings (SSSR count). The zero-order valence-corrected chi connectivity index (χ0v) is 9.43. The highest BCUT2D eigenvalue weighted by Crippen LogP contribution is 2.46. The van der Waals surface area contributed by atoms with Crippen LogP contribution < -0.4 is 10.1 Å². The average Bonchev–Trinajstić information content (AvgIpc) is 2.28. The van der Waals surface area contributed by atoms with E-state index in [1.807, 2.05) is 31.2 Å². The third-order valence-electron chi connectivity index (χ3n) is 3.47. The molecule has 2 aliphatic heterocycles. The molecular formula is C13H12N2O2. The Labute approximate surface area is 99.2 Å². The third-order valence-corrected chi connectivity index (χ3v) is 3.47. The summed E-state index contributed by atoms with van der Waals surface area (Å²) in [6, 6.07) is 9.72. The first-order valence-corrected chi connectivity index (χ1v) is 5.62. The fourth-order valence-electron chi connectivity index (χ4n) is 2.74. The number of carbonyl (C=O) groups is 1. The number of benzene rings is 1. The van der Waals surface area contributed by atoms with Crippen LogP contribution in [0.1, 0.15) is 24.8 Å². The lowest BCUT2D eigenvalue weighted by Gasteiger charge is -2.45. The van der Waals surface area contributed by atoms with Gasteiger partial charge in [0.05, 0.1) is 6.07 Å². The molecule has 2 bridgehead atoms. The fraction of sp³-hybridized carbons (Fsp3) is 0.385. The largest absolute Gasteiger partial charge is 0.468 e. The van der Waals surface area contributed by atoms with Gasteiger partial charge in [-0.25, -0.2) is 0 Å². The number of rotatable bonds is 0. The monoisotopic (exact) mass is 228 g/mol. The van der Waals surface area contributed by atoms with Crippen molar-refractivity contribution in [3.8, 4) is 11.8 Å². The highest BCUT2D eigenvalue weighted by atomic mass is 16.5. The van der Waals surface area contributed by atoms with E-state index in [9.17, 15) is 4.79 Å². The van der Waals surface area contributed by atoms with Crippen molar-refractivity contribution in [3.63, 3.8) is 0 Å². The van der Waals surface area contributed by atoms with Crippen LogP contribution in [0, 0.1) is 17.2 Å². The molecule has 1 N–H and O–H groups in total. The standard InChI is InChI=1S/C13H12N2O2/c1-13-6-9(10(7-14)12(16)15-13)8-4-2-3-5-11(8)17-13/h2-5,9-10H,6H2,1H3,(H,15,16)/t9?,10?,13-/m1/s1. The van der Waals surface area contributed by atoms with Gasteiger partial charge in [0.25, 0.3) is 0 Å². The first-order valence-electron chi connectivity index (χ1n) is 5.62. The molecule has 0 aliphatic carbocycles. The van der Waals surface area contributed by atoms with E-state index in [0.717, 1.165) is 11.3 Å². The number of fused-ring (bicyclic) bond motifs is 4. The van der Waals surface area contributed by atoms with Gasteiger partial charge in [-0.05, 0) is 18.6 Å². The number of piperidine rings is 1. The summed E-state index contributed by atoms with van der Waals surface area (Å²) >= 11 is 0. The Morgan fingerprint density at radius 1 is 1.53 bits per heavy atom. The molecule has 1 saturated heterocycles. The zero-order chi connectivity index (χ0) is 12.0. The first kappa shape index (κ1) is 10.2. The Hall–Kier alpha value is -2.02. The lowest BCUT2D eigenvalue weighted by atomic mass is 9.75. The molecule has 1 amide bonds. The van der Waals surface area contributed by atoms with Gasteiger partial charge in [0, 0.05) is 12.3 Å². The van der Waals surface area contributed by atoms with Gasteiger partial charge in [0.15, 0.2) is 5.72 Å². The number of nitrogens with one attached hydrogen (secondary N) is 1. The van der Waals surface area contributed by atoms with Crippen LogP contribution in [0.3, 0.4) is 0 Å². The van der Waals surface area contributed by atoms with Crippen LogP contribution in [0.2, 0.25) is 0 Å². The molecule has 17 heavy (non-hydrogen) atoms. The second kappa shape index (κ2) is 3.24. The molecule has 0 aromatic heterocycles. The fourth-order valence-corrected chi connectivity index (χ4v) is 2.74. The molecule has 2 heterocycles. The Kier molecular flexibility index (Phi) is 1.93.